The highest BCUT2D eigenvalue weighted by Gasteiger charge is 2.06. The second-order valence-corrected chi connectivity index (χ2v) is 4.69. The Bertz CT molecular complexity index is 405. The van der Waals surface area contributed by atoms with E-state index in [2.05, 4.69) is 13.8 Å². The van der Waals surface area contributed by atoms with E-state index in [0.29, 0.717) is 23.8 Å². The number of carbonyl (C=O) groups is 1. The Balaban J connectivity index is 2.50. The SMILES string of the molecule is CCCC(C)COCc1ccc(C(N)=O)cc1N. The molecule has 0 aliphatic heterocycles. The summed E-state index contributed by atoms with van der Waals surface area (Å²) in [5, 5.41) is 0. The number of nitrogen functional groups attached to an aromatic ring is 1. The van der Waals surface area contributed by atoms with Crippen LogP contribution in [0.15, 0.2) is 18.2 Å². The summed E-state index contributed by atoms with van der Waals surface area (Å²) in [6, 6.07) is 5.06. The zero-order valence-corrected chi connectivity index (χ0v) is 11.1. The van der Waals surface area contributed by atoms with Crippen molar-refractivity contribution in [3.63, 3.8) is 0 Å². The monoisotopic (exact) mass is 250 g/mol. The molecule has 0 bridgehead atoms. The van der Waals surface area contributed by atoms with Gasteiger partial charge >= 0.3 is 0 Å². The van der Waals surface area contributed by atoms with Crippen molar-refractivity contribution in [2.75, 3.05) is 12.3 Å². The van der Waals surface area contributed by atoms with Gasteiger partial charge in [-0.3, -0.25) is 4.79 Å². The van der Waals surface area contributed by atoms with E-state index < -0.39 is 5.91 Å². The molecule has 100 valence electrons. The molecule has 0 spiro atoms. The lowest BCUT2D eigenvalue weighted by Crippen LogP contribution is -2.12. The lowest BCUT2D eigenvalue weighted by Gasteiger charge is -2.12. The number of rotatable bonds is 7. The quantitative estimate of drug-likeness (QED) is 0.729. The molecular weight excluding hydrogens is 228 g/mol. The van der Waals surface area contributed by atoms with Gasteiger partial charge in [0.05, 0.1) is 6.61 Å². The number of nitrogens with two attached hydrogens (primary N) is 2. The first-order valence-electron chi connectivity index (χ1n) is 6.30. The summed E-state index contributed by atoms with van der Waals surface area (Å²) in [5.41, 5.74) is 12.9. The molecule has 1 aromatic rings. The van der Waals surface area contributed by atoms with Crippen molar-refractivity contribution in [1.82, 2.24) is 0 Å². The Kier molecular flexibility index (Phi) is 5.65. The average Bonchev–Trinajstić information content (AvgIpc) is 2.31. The smallest absolute Gasteiger partial charge is 0.248 e. The number of carbonyl (C=O) groups excluding carboxylic acids is 1. The molecule has 4 N–H and O–H groups in total. The van der Waals surface area contributed by atoms with Crippen LogP contribution in [0.3, 0.4) is 0 Å². The third kappa shape index (κ3) is 4.37. The molecule has 0 heterocycles. The summed E-state index contributed by atoms with van der Waals surface area (Å²) < 4.78 is 5.62. The molecule has 4 heteroatoms. The van der Waals surface area contributed by atoms with E-state index in [9.17, 15) is 4.79 Å². The van der Waals surface area contributed by atoms with Gasteiger partial charge in [0.2, 0.25) is 5.91 Å². The molecule has 18 heavy (non-hydrogen) atoms. The van der Waals surface area contributed by atoms with Gasteiger partial charge in [0, 0.05) is 23.4 Å². The van der Waals surface area contributed by atoms with E-state index in [1.807, 2.05) is 0 Å². The highest BCUT2D eigenvalue weighted by molar-refractivity contribution is 5.93. The van der Waals surface area contributed by atoms with E-state index >= 15 is 0 Å². The van der Waals surface area contributed by atoms with Crippen molar-refractivity contribution in [3.8, 4) is 0 Å². The largest absolute Gasteiger partial charge is 0.398 e. The summed E-state index contributed by atoms with van der Waals surface area (Å²) in [6.07, 6.45) is 2.33. The first-order chi connectivity index (χ1) is 8.54. The van der Waals surface area contributed by atoms with Gasteiger partial charge in [-0.1, -0.05) is 26.3 Å². The number of benzene rings is 1. The third-order valence-electron chi connectivity index (χ3n) is 2.87. The van der Waals surface area contributed by atoms with Gasteiger partial charge in [-0.15, -0.1) is 0 Å². The number of amides is 1. The van der Waals surface area contributed by atoms with Crippen molar-refractivity contribution in [2.24, 2.45) is 11.7 Å². The maximum atomic E-state index is 11.0. The first kappa shape index (κ1) is 14.5. The van der Waals surface area contributed by atoms with E-state index in [-0.39, 0.29) is 0 Å². The van der Waals surface area contributed by atoms with Gasteiger partial charge in [0.15, 0.2) is 0 Å². The Labute approximate surface area is 108 Å². The molecule has 0 aliphatic carbocycles. The second kappa shape index (κ2) is 7.01. The minimum atomic E-state index is -0.467. The van der Waals surface area contributed by atoms with Gasteiger partial charge in [-0.2, -0.15) is 0 Å². The van der Waals surface area contributed by atoms with E-state index in [0.717, 1.165) is 18.6 Å². The minimum Gasteiger partial charge on any atom is -0.398 e. The van der Waals surface area contributed by atoms with Crippen molar-refractivity contribution in [3.05, 3.63) is 29.3 Å². The highest BCUT2D eigenvalue weighted by Crippen LogP contribution is 2.16. The summed E-state index contributed by atoms with van der Waals surface area (Å²) in [6.45, 7) is 5.53. The summed E-state index contributed by atoms with van der Waals surface area (Å²) >= 11 is 0. The molecular formula is C14H22N2O2. The van der Waals surface area contributed by atoms with Crippen LogP contribution in [0.2, 0.25) is 0 Å². The topological polar surface area (TPSA) is 78.3 Å². The predicted molar refractivity (Wildman–Crippen MR) is 73.1 cm³/mol. The lowest BCUT2D eigenvalue weighted by molar-refractivity contribution is 0.0896. The molecule has 0 saturated heterocycles. The molecule has 0 fully saturated rings. The van der Waals surface area contributed by atoms with Crippen LogP contribution in [0.1, 0.15) is 42.6 Å². The van der Waals surface area contributed by atoms with Crippen LogP contribution in [0.5, 0.6) is 0 Å². The van der Waals surface area contributed by atoms with Crippen molar-refractivity contribution in [1.29, 1.82) is 0 Å². The van der Waals surface area contributed by atoms with E-state index in [1.54, 1.807) is 18.2 Å². The Hall–Kier alpha value is -1.55. The fraction of sp³-hybridized carbons (Fsp3) is 0.500. The van der Waals surface area contributed by atoms with Crippen molar-refractivity contribution < 1.29 is 9.53 Å². The number of anilines is 1. The van der Waals surface area contributed by atoms with Gasteiger partial charge in [0.1, 0.15) is 0 Å². The van der Waals surface area contributed by atoms with Crippen LogP contribution in [-0.4, -0.2) is 12.5 Å². The molecule has 4 nitrogen and oxygen atoms in total. The number of ether oxygens (including phenoxy) is 1. The van der Waals surface area contributed by atoms with Gasteiger partial charge < -0.3 is 16.2 Å². The van der Waals surface area contributed by atoms with E-state index in [1.165, 1.54) is 6.42 Å². The highest BCUT2D eigenvalue weighted by atomic mass is 16.5. The summed E-state index contributed by atoms with van der Waals surface area (Å²) in [4.78, 5) is 11.0. The zero-order valence-electron chi connectivity index (χ0n) is 11.1. The molecule has 1 aromatic carbocycles. The Morgan fingerprint density at radius 1 is 1.44 bits per heavy atom. The molecule has 0 aromatic heterocycles. The molecule has 1 unspecified atom stereocenters. The van der Waals surface area contributed by atoms with Crippen LogP contribution < -0.4 is 11.5 Å². The summed E-state index contributed by atoms with van der Waals surface area (Å²) in [5.74, 6) is 0.0897. The van der Waals surface area contributed by atoms with Crippen LogP contribution in [-0.2, 0) is 11.3 Å². The molecule has 0 saturated carbocycles. The van der Waals surface area contributed by atoms with Crippen LogP contribution in [0.4, 0.5) is 5.69 Å². The molecule has 1 atom stereocenters. The van der Waals surface area contributed by atoms with Crippen LogP contribution in [0, 0.1) is 5.92 Å². The van der Waals surface area contributed by atoms with Gasteiger partial charge in [-0.05, 0) is 24.5 Å². The maximum Gasteiger partial charge on any atom is 0.248 e. The number of hydrogen-bond acceptors (Lipinski definition) is 3. The van der Waals surface area contributed by atoms with Gasteiger partial charge in [0.25, 0.3) is 0 Å². The number of primary amides is 1. The van der Waals surface area contributed by atoms with Crippen LogP contribution in [0.25, 0.3) is 0 Å². The fourth-order valence-electron chi connectivity index (χ4n) is 1.83. The fourth-order valence-corrected chi connectivity index (χ4v) is 1.83. The first-order valence-corrected chi connectivity index (χ1v) is 6.30. The standard InChI is InChI=1S/C14H22N2O2/c1-3-4-10(2)8-18-9-12-6-5-11(14(16)17)7-13(12)15/h5-7,10H,3-4,8-9,15H2,1-2H3,(H2,16,17). The minimum absolute atomic E-state index is 0.426. The van der Waals surface area contributed by atoms with Crippen LogP contribution >= 0.6 is 0 Å². The van der Waals surface area contributed by atoms with Crippen molar-refractivity contribution in [2.45, 2.75) is 33.3 Å². The lowest BCUT2D eigenvalue weighted by atomic mass is 10.1. The molecule has 1 amide bonds. The number of hydrogen-bond donors (Lipinski definition) is 2. The molecule has 0 aliphatic rings. The average molecular weight is 250 g/mol. The normalized spacial score (nSPS) is 12.3. The Morgan fingerprint density at radius 3 is 2.72 bits per heavy atom. The summed E-state index contributed by atoms with van der Waals surface area (Å²) in [7, 11) is 0. The van der Waals surface area contributed by atoms with E-state index in [4.69, 9.17) is 16.2 Å². The predicted octanol–water partition coefficient (Wildman–Crippen LogP) is 2.32. The Morgan fingerprint density at radius 2 is 2.17 bits per heavy atom. The molecule has 0 radical (unpaired) electrons. The third-order valence-corrected chi connectivity index (χ3v) is 2.87. The van der Waals surface area contributed by atoms with Crippen molar-refractivity contribution >= 4 is 11.6 Å². The molecule has 1 rings (SSSR count). The zero-order chi connectivity index (χ0) is 13.5. The second-order valence-electron chi connectivity index (χ2n) is 4.69. The van der Waals surface area contributed by atoms with Gasteiger partial charge in [-0.25, -0.2) is 0 Å². The maximum absolute atomic E-state index is 11.0.